The van der Waals surface area contributed by atoms with Crippen LogP contribution in [0.15, 0.2) is 0 Å². The summed E-state index contributed by atoms with van der Waals surface area (Å²) in [7, 11) is 0. The van der Waals surface area contributed by atoms with E-state index in [0.717, 1.165) is 11.5 Å². The van der Waals surface area contributed by atoms with Gasteiger partial charge in [0.25, 0.3) is 0 Å². The lowest BCUT2D eigenvalue weighted by atomic mass is 10.4. The molecule has 1 rings (SSSR count). The van der Waals surface area contributed by atoms with Gasteiger partial charge in [-0.05, 0) is 0 Å². The van der Waals surface area contributed by atoms with E-state index in [9.17, 15) is 13.6 Å². The fourth-order valence-electron chi connectivity index (χ4n) is 0.946. The van der Waals surface area contributed by atoms with Crippen LogP contribution in [0.3, 0.4) is 0 Å². The molecule has 0 N–H and O–H groups in total. The van der Waals surface area contributed by atoms with Crippen LogP contribution in [0, 0.1) is 0 Å². The molecule has 1 heterocycles. The second kappa shape index (κ2) is 3.91. The van der Waals surface area contributed by atoms with Crippen molar-refractivity contribution >= 4 is 33.6 Å². The summed E-state index contributed by atoms with van der Waals surface area (Å²) in [6, 6.07) is 0. The van der Waals surface area contributed by atoms with Crippen LogP contribution in [0.4, 0.5) is 8.78 Å². The minimum absolute atomic E-state index is 0.421. The Morgan fingerprint density at radius 3 is 2.33 bits per heavy atom. The number of hydrogen-bond acceptors (Lipinski definition) is 2. The molecule has 0 spiro atoms. The first-order valence-corrected chi connectivity index (χ1v) is 5.40. The quantitative estimate of drug-likeness (QED) is 0.667. The Balaban J connectivity index is 2.51. The lowest BCUT2D eigenvalue weighted by molar-refractivity contribution is -0.145. The first-order valence-electron chi connectivity index (χ1n) is 3.45. The molecular formula is C6H8BrF2NOS. The van der Waals surface area contributed by atoms with Crippen molar-refractivity contribution in [1.29, 1.82) is 0 Å². The van der Waals surface area contributed by atoms with Gasteiger partial charge in [-0.1, -0.05) is 0 Å². The van der Waals surface area contributed by atoms with E-state index in [0.29, 0.717) is 13.1 Å². The molecule has 0 aliphatic carbocycles. The second-order valence-corrected chi connectivity index (χ2v) is 4.62. The molecule has 1 amide bonds. The van der Waals surface area contributed by atoms with E-state index in [1.807, 2.05) is 15.9 Å². The summed E-state index contributed by atoms with van der Waals surface area (Å²) >= 11 is 3.72. The molecule has 0 aromatic rings. The van der Waals surface area contributed by atoms with Crippen molar-refractivity contribution in [2.24, 2.45) is 0 Å². The van der Waals surface area contributed by atoms with Crippen molar-refractivity contribution in [2.45, 2.75) is 4.83 Å². The third kappa shape index (κ3) is 2.58. The molecule has 0 bridgehead atoms. The van der Waals surface area contributed by atoms with E-state index in [-0.39, 0.29) is 0 Å². The normalized spacial score (nSPS) is 19.4. The first kappa shape index (κ1) is 10.2. The van der Waals surface area contributed by atoms with Crippen LogP contribution in [0.1, 0.15) is 0 Å². The molecule has 0 aromatic heterocycles. The molecule has 1 aliphatic heterocycles. The summed E-state index contributed by atoms with van der Waals surface area (Å²) in [6.45, 7) is 0.843. The van der Waals surface area contributed by atoms with Gasteiger partial charge in [-0.15, -0.1) is 0 Å². The predicted molar refractivity (Wildman–Crippen MR) is 47.8 cm³/mol. The average Bonchev–Trinajstić information content (AvgIpc) is 2.03. The fourth-order valence-corrected chi connectivity index (χ4v) is 2.10. The monoisotopic (exact) mass is 259 g/mol. The first-order chi connectivity index (χ1) is 5.52. The maximum Gasteiger partial charge on any atom is 0.377 e. The third-order valence-electron chi connectivity index (χ3n) is 1.54. The van der Waals surface area contributed by atoms with Gasteiger partial charge in [-0.3, -0.25) is 4.79 Å². The molecule has 1 saturated heterocycles. The van der Waals surface area contributed by atoms with Crippen LogP contribution >= 0.6 is 27.7 Å². The summed E-state index contributed by atoms with van der Waals surface area (Å²) in [5.74, 6) is 0.367. The van der Waals surface area contributed by atoms with E-state index >= 15 is 0 Å². The number of rotatable bonds is 1. The third-order valence-corrected chi connectivity index (χ3v) is 2.82. The molecule has 6 heteroatoms. The molecule has 0 unspecified atom stereocenters. The van der Waals surface area contributed by atoms with E-state index < -0.39 is 10.7 Å². The maximum atomic E-state index is 12.4. The van der Waals surface area contributed by atoms with Crippen molar-refractivity contribution in [3.63, 3.8) is 0 Å². The Morgan fingerprint density at radius 2 is 1.92 bits per heavy atom. The van der Waals surface area contributed by atoms with Crippen molar-refractivity contribution in [1.82, 2.24) is 4.90 Å². The standard InChI is InChI=1S/C6H8BrF2NOS/c7-6(8,9)5(11)10-1-3-12-4-2-10/h1-4H2. The van der Waals surface area contributed by atoms with Gasteiger partial charge in [-0.25, -0.2) is 0 Å². The van der Waals surface area contributed by atoms with Crippen molar-refractivity contribution in [3.05, 3.63) is 0 Å². The Bertz CT molecular complexity index is 179. The van der Waals surface area contributed by atoms with Crippen LogP contribution < -0.4 is 0 Å². The SMILES string of the molecule is O=C(N1CCSCC1)C(F)(F)Br. The van der Waals surface area contributed by atoms with E-state index in [4.69, 9.17) is 0 Å². The molecule has 0 radical (unpaired) electrons. The molecule has 12 heavy (non-hydrogen) atoms. The zero-order valence-corrected chi connectivity index (χ0v) is 8.63. The molecular weight excluding hydrogens is 252 g/mol. The zero-order valence-electron chi connectivity index (χ0n) is 6.23. The highest BCUT2D eigenvalue weighted by molar-refractivity contribution is 9.10. The van der Waals surface area contributed by atoms with Gasteiger partial charge >= 0.3 is 10.7 Å². The predicted octanol–water partition coefficient (Wildman–Crippen LogP) is 1.55. The van der Waals surface area contributed by atoms with Gasteiger partial charge < -0.3 is 4.90 Å². The number of nitrogens with zero attached hydrogens (tertiary/aromatic N) is 1. The maximum absolute atomic E-state index is 12.4. The summed E-state index contributed by atoms with van der Waals surface area (Å²) in [6.07, 6.45) is 0. The van der Waals surface area contributed by atoms with Gasteiger partial charge in [0.2, 0.25) is 0 Å². The number of thioether (sulfide) groups is 1. The van der Waals surface area contributed by atoms with E-state index in [1.54, 1.807) is 11.8 Å². The topological polar surface area (TPSA) is 20.3 Å². The second-order valence-electron chi connectivity index (χ2n) is 2.40. The lowest BCUT2D eigenvalue weighted by Crippen LogP contribution is -2.44. The largest absolute Gasteiger partial charge is 0.377 e. The highest BCUT2D eigenvalue weighted by Crippen LogP contribution is 2.25. The number of carbonyl (C=O) groups excluding carboxylic acids is 1. The van der Waals surface area contributed by atoms with Crippen molar-refractivity contribution in [3.8, 4) is 0 Å². The highest BCUT2D eigenvalue weighted by atomic mass is 79.9. The zero-order chi connectivity index (χ0) is 9.19. The lowest BCUT2D eigenvalue weighted by Gasteiger charge is -2.27. The van der Waals surface area contributed by atoms with Crippen molar-refractivity contribution < 1.29 is 13.6 Å². The van der Waals surface area contributed by atoms with Gasteiger partial charge in [0.1, 0.15) is 0 Å². The van der Waals surface area contributed by atoms with Gasteiger partial charge in [0.15, 0.2) is 0 Å². The molecule has 1 fully saturated rings. The number of carbonyl (C=O) groups is 1. The Morgan fingerprint density at radius 1 is 1.42 bits per heavy atom. The summed E-state index contributed by atoms with van der Waals surface area (Å²) in [5, 5.41) is 0. The summed E-state index contributed by atoms with van der Waals surface area (Å²) < 4.78 is 24.8. The van der Waals surface area contributed by atoms with Gasteiger partial charge in [0.05, 0.1) is 0 Å². The minimum atomic E-state index is -3.39. The van der Waals surface area contributed by atoms with Crippen LogP contribution in [0.2, 0.25) is 0 Å². The fraction of sp³-hybridized carbons (Fsp3) is 0.833. The number of hydrogen-bond donors (Lipinski definition) is 0. The molecule has 0 saturated carbocycles. The molecule has 2 nitrogen and oxygen atoms in total. The van der Waals surface area contributed by atoms with Crippen molar-refractivity contribution in [2.75, 3.05) is 24.6 Å². The van der Waals surface area contributed by atoms with Gasteiger partial charge in [-0.2, -0.15) is 20.5 Å². The smallest absolute Gasteiger partial charge is 0.335 e. The number of amides is 1. The number of halogens is 3. The van der Waals surface area contributed by atoms with Crippen LogP contribution in [0.25, 0.3) is 0 Å². The minimum Gasteiger partial charge on any atom is -0.335 e. The molecule has 1 aliphatic rings. The molecule has 0 aromatic carbocycles. The van der Waals surface area contributed by atoms with E-state index in [2.05, 4.69) is 0 Å². The van der Waals surface area contributed by atoms with Crippen LogP contribution in [0.5, 0.6) is 0 Å². The van der Waals surface area contributed by atoms with Crippen LogP contribution in [-0.4, -0.2) is 40.2 Å². The molecule has 0 atom stereocenters. The Kier molecular flexibility index (Phi) is 3.34. The molecule has 70 valence electrons. The number of alkyl halides is 3. The van der Waals surface area contributed by atoms with Gasteiger partial charge in [0, 0.05) is 40.5 Å². The average molecular weight is 260 g/mol. The van der Waals surface area contributed by atoms with E-state index in [1.165, 1.54) is 4.90 Å². The summed E-state index contributed by atoms with van der Waals surface area (Å²) in [5.41, 5.74) is 0. The van der Waals surface area contributed by atoms with Crippen LogP contribution in [-0.2, 0) is 4.79 Å². The summed E-state index contributed by atoms with van der Waals surface area (Å²) in [4.78, 5) is 8.73. The Labute approximate surface area is 81.8 Å². The Hall–Kier alpha value is 0.160. The highest BCUT2D eigenvalue weighted by Gasteiger charge is 2.39.